The van der Waals surface area contributed by atoms with E-state index in [4.69, 9.17) is 4.74 Å². The molecule has 0 radical (unpaired) electrons. The second-order valence-electron chi connectivity index (χ2n) is 5.51. The van der Waals surface area contributed by atoms with Crippen molar-refractivity contribution in [2.45, 2.75) is 32.3 Å². The van der Waals surface area contributed by atoms with Crippen LogP contribution in [0, 0.1) is 17.8 Å². The molecule has 2 bridgehead atoms. The largest absolute Gasteiger partial charge is 0.493 e. The van der Waals surface area contributed by atoms with Crippen LogP contribution in [0.4, 0.5) is 0 Å². The number of hydrogen-bond acceptors (Lipinski definition) is 2. The highest BCUT2D eigenvalue weighted by molar-refractivity contribution is 5.32. The summed E-state index contributed by atoms with van der Waals surface area (Å²) < 4.78 is 5.90. The standard InChI is InChI=1S/C15H20O2/c16-9-13-3-1-2-4-15(13)17-10-14-8-11-5-6-12(14)7-11/h1-4,11-12,14,16H,5-10H2. The molecule has 3 unspecified atom stereocenters. The Kier molecular flexibility index (Phi) is 3.06. The lowest BCUT2D eigenvalue weighted by atomic mass is 9.89. The van der Waals surface area contributed by atoms with Gasteiger partial charge in [-0.25, -0.2) is 0 Å². The minimum absolute atomic E-state index is 0.0624. The van der Waals surface area contributed by atoms with E-state index in [2.05, 4.69) is 0 Å². The number of fused-ring (bicyclic) bond motifs is 2. The molecule has 0 heterocycles. The highest BCUT2D eigenvalue weighted by Crippen LogP contribution is 2.48. The minimum Gasteiger partial charge on any atom is -0.493 e. The van der Waals surface area contributed by atoms with Gasteiger partial charge in [0.25, 0.3) is 0 Å². The number of benzene rings is 1. The van der Waals surface area contributed by atoms with Crippen molar-refractivity contribution >= 4 is 0 Å². The second kappa shape index (κ2) is 4.69. The molecule has 0 saturated heterocycles. The molecule has 0 spiro atoms. The van der Waals surface area contributed by atoms with Gasteiger partial charge in [0.15, 0.2) is 0 Å². The van der Waals surface area contributed by atoms with E-state index < -0.39 is 0 Å². The van der Waals surface area contributed by atoms with Crippen molar-refractivity contribution in [2.75, 3.05) is 6.61 Å². The van der Waals surface area contributed by atoms with Crippen molar-refractivity contribution < 1.29 is 9.84 Å². The van der Waals surface area contributed by atoms with E-state index in [-0.39, 0.29) is 6.61 Å². The van der Waals surface area contributed by atoms with Gasteiger partial charge in [-0.15, -0.1) is 0 Å². The maximum absolute atomic E-state index is 9.24. The van der Waals surface area contributed by atoms with E-state index in [0.717, 1.165) is 35.7 Å². The number of para-hydroxylation sites is 1. The van der Waals surface area contributed by atoms with Gasteiger partial charge in [0.05, 0.1) is 13.2 Å². The molecule has 2 aliphatic rings. The van der Waals surface area contributed by atoms with Crippen LogP contribution in [0.3, 0.4) is 0 Å². The summed E-state index contributed by atoms with van der Waals surface area (Å²) in [5.41, 5.74) is 0.899. The highest BCUT2D eigenvalue weighted by atomic mass is 16.5. The third-order valence-electron chi connectivity index (χ3n) is 4.48. The molecule has 3 atom stereocenters. The van der Waals surface area contributed by atoms with Gasteiger partial charge in [-0.05, 0) is 43.1 Å². The summed E-state index contributed by atoms with van der Waals surface area (Å²) in [6.45, 7) is 0.894. The summed E-state index contributed by atoms with van der Waals surface area (Å²) in [7, 11) is 0. The minimum atomic E-state index is 0.0624. The van der Waals surface area contributed by atoms with E-state index in [0.29, 0.717) is 0 Å². The average Bonchev–Trinajstić information content (AvgIpc) is 2.98. The van der Waals surface area contributed by atoms with Gasteiger partial charge in [0.2, 0.25) is 0 Å². The van der Waals surface area contributed by atoms with Crippen molar-refractivity contribution in [3.05, 3.63) is 29.8 Å². The number of hydrogen-bond donors (Lipinski definition) is 1. The van der Waals surface area contributed by atoms with Crippen LogP contribution in [0.5, 0.6) is 5.75 Å². The number of ether oxygens (including phenoxy) is 1. The lowest BCUT2D eigenvalue weighted by molar-refractivity contribution is 0.189. The second-order valence-corrected chi connectivity index (χ2v) is 5.51. The van der Waals surface area contributed by atoms with E-state index in [1.165, 1.54) is 25.7 Å². The average molecular weight is 232 g/mol. The van der Waals surface area contributed by atoms with Crippen molar-refractivity contribution in [1.29, 1.82) is 0 Å². The summed E-state index contributed by atoms with van der Waals surface area (Å²) in [6.07, 6.45) is 5.62. The lowest BCUT2D eigenvalue weighted by Crippen LogP contribution is -2.18. The molecule has 3 rings (SSSR count). The first-order chi connectivity index (χ1) is 8.36. The highest BCUT2D eigenvalue weighted by Gasteiger charge is 2.39. The molecule has 2 fully saturated rings. The Morgan fingerprint density at radius 3 is 2.76 bits per heavy atom. The fourth-order valence-corrected chi connectivity index (χ4v) is 3.55. The SMILES string of the molecule is OCc1ccccc1OCC1CC2CCC1C2. The summed E-state index contributed by atoms with van der Waals surface area (Å²) >= 11 is 0. The molecule has 0 aromatic heterocycles. The molecule has 2 saturated carbocycles. The normalized spacial score (nSPS) is 30.8. The molecule has 17 heavy (non-hydrogen) atoms. The van der Waals surface area contributed by atoms with Gasteiger partial charge in [-0.2, -0.15) is 0 Å². The van der Waals surface area contributed by atoms with Gasteiger partial charge < -0.3 is 9.84 Å². The van der Waals surface area contributed by atoms with Crippen LogP contribution in [0.15, 0.2) is 24.3 Å². The molecule has 1 aromatic carbocycles. The summed E-state index contributed by atoms with van der Waals surface area (Å²) in [5.74, 6) is 3.49. The summed E-state index contributed by atoms with van der Waals surface area (Å²) in [4.78, 5) is 0. The van der Waals surface area contributed by atoms with Gasteiger partial charge in [0.1, 0.15) is 5.75 Å². The smallest absolute Gasteiger partial charge is 0.124 e. The Bertz CT molecular complexity index is 388. The van der Waals surface area contributed by atoms with Crippen LogP contribution in [0.25, 0.3) is 0 Å². The van der Waals surface area contributed by atoms with Crippen molar-refractivity contribution in [3.63, 3.8) is 0 Å². The molecule has 1 aromatic rings. The van der Waals surface area contributed by atoms with E-state index in [9.17, 15) is 5.11 Å². The Morgan fingerprint density at radius 2 is 2.06 bits per heavy atom. The summed E-state index contributed by atoms with van der Waals surface area (Å²) in [6, 6.07) is 7.79. The molecular formula is C15H20O2. The van der Waals surface area contributed by atoms with Crippen molar-refractivity contribution in [2.24, 2.45) is 17.8 Å². The molecule has 0 aliphatic heterocycles. The van der Waals surface area contributed by atoms with Gasteiger partial charge >= 0.3 is 0 Å². The number of rotatable bonds is 4. The number of aliphatic hydroxyl groups is 1. The quantitative estimate of drug-likeness (QED) is 0.864. The van der Waals surface area contributed by atoms with Crippen LogP contribution in [-0.2, 0) is 6.61 Å². The number of aliphatic hydroxyl groups excluding tert-OH is 1. The van der Waals surface area contributed by atoms with Gasteiger partial charge in [-0.3, -0.25) is 0 Å². The van der Waals surface area contributed by atoms with Crippen molar-refractivity contribution in [1.82, 2.24) is 0 Å². The Hall–Kier alpha value is -1.02. The molecule has 92 valence electrons. The predicted octanol–water partition coefficient (Wildman–Crippen LogP) is 2.99. The molecule has 2 nitrogen and oxygen atoms in total. The lowest BCUT2D eigenvalue weighted by Gasteiger charge is -2.22. The maximum atomic E-state index is 9.24. The van der Waals surface area contributed by atoms with Crippen molar-refractivity contribution in [3.8, 4) is 5.75 Å². The van der Waals surface area contributed by atoms with Crippen LogP contribution in [0.2, 0.25) is 0 Å². The zero-order valence-corrected chi connectivity index (χ0v) is 10.1. The predicted molar refractivity (Wildman–Crippen MR) is 66.8 cm³/mol. The van der Waals surface area contributed by atoms with Crippen LogP contribution in [-0.4, -0.2) is 11.7 Å². The molecule has 1 N–H and O–H groups in total. The van der Waals surface area contributed by atoms with E-state index >= 15 is 0 Å². The fraction of sp³-hybridized carbons (Fsp3) is 0.600. The zero-order valence-electron chi connectivity index (χ0n) is 10.1. The molecule has 0 amide bonds. The Balaban J connectivity index is 1.60. The third-order valence-corrected chi connectivity index (χ3v) is 4.48. The topological polar surface area (TPSA) is 29.5 Å². The van der Waals surface area contributed by atoms with Crippen LogP contribution < -0.4 is 4.74 Å². The Labute approximate surface area is 103 Å². The first-order valence-corrected chi connectivity index (χ1v) is 6.68. The first-order valence-electron chi connectivity index (χ1n) is 6.68. The third kappa shape index (κ3) is 2.19. The molecular weight excluding hydrogens is 212 g/mol. The van der Waals surface area contributed by atoms with Gasteiger partial charge in [0, 0.05) is 5.56 Å². The molecule has 2 aliphatic carbocycles. The zero-order chi connectivity index (χ0) is 11.7. The Morgan fingerprint density at radius 1 is 1.18 bits per heavy atom. The van der Waals surface area contributed by atoms with E-state index in [1.807, 2.05) is 24.3 Å². The van der Waals surface area contributed by atoms with E-state index in [1.54, 1.807) is 0 Å². The molecule has 2 heteroatoms. The summed E-state index contributed by atoms with van der Waals surface area (Å²) in [5, 5.41) is 9.24. The fourth-order valence-electron chi connectivity index (χ4n) is 3.55. The monoisotopic (exact) mass is 232 g/mol. The maximum Gasteiger partial charge on any atom is 0.124 e. The van der Waals surface area contributed by atoms with Crippen LogP contribution in [0.1, 0.15) is 31.2 Å². The van der Waals surface area contributed by atoms with Crippen LogP contribution >= 0.6 is 0 Å². The van der Waals surface area contributed by atoms with Gasteiger partial charge in [-0.1, -0.05) is 24.6 Å². The first kappa shape index (κ1) is 11.1.